The van der Waals surface area contributed by atoms with Crippen molar-refractivity contribution in [1.29, 1.82) is 0 Å². The lowest BCUT2D eigenvalue weighted by Crippen LogP contribution is -3.00. The number of nitrogens with one attached hydrogen (secondary N) is 2. The van der Waals surface area contributed by atoms with Crippen LogP contribution in [0.15, 0.2) is 111 Å². The monoisotopic (exact) mass is 1870 g/mol. The SMILES string of the molecule is C#Cc1cc(Cl)cc2c3c(n(C)c12)CCN(C)C3.CC(C)[Si](C#Cc1cc(Cl)cc2c3c(n(C)c12)CCN(C)C3)(C(C)C)C(C)C.CN1CCc2[nH]c3c(Br)cc(Cl)cc3c2C1.CN1CCc2c(c3cc(Cl)cc(Br)c3n2C)C1.Cc1ccc(C#Cc2cc(Cl)cc3c4c(n(C)c23)CCN(C)C4)cn1.NNc1ccc(Cl)cc1Br.[F-]. The summed E-state index contributed by atoms with van der Waals surface area (Å²) in [6.07, 6.45) is 12.8. The second-order valence-electron chi connectivity index (χ2n) is 32.1. The number of aromatic nitrogens is 6. The molecular formula is C91H102Br3Cl6FN13Si-. The lowest BCUT2D eigenvalue weighted by atomic mass is 10.0. The second kappa shape index (κ2) is 38.0. The van der Waals surface area contributed by atoms with Gasteiger partial charge in [0.2, 0.25) is 0 Å². The minimum absolute atomic E-state index is 0. The summed E-state index contributed by atoms with van der Waals surface area (Å²) >= 11 is 47.6. The van der Waals surface area contributed by atoms with Gasteiger partial charge in [0.15, 0.2) is 0 Å². The van der Waals surface area contributed by atoms with Gasteiger partial charge in [0, 0.05) is 248 Å². The minimum Gasteiger partial charge on any atom is -1.00 e. The normalized spacial score (nSPS) is 14.9. The Balaban J connectivity index is 0.000000139. The number of terminal acetylenes is 1. The van der Waals surface area contributed by atoms with Gasteiger partial charge in [-0.15, -0.1) is 12.0 Å². The molecule has 24 heteroatoms. The smallest absolute Gasteiger partial charge is 0.146 e. The number of pyridine rings is 1. The summed E-state index contributed by atoms with van der Waals surface area (Å²) in [6, 6.07) is 29.5. The van der Waals surface area contributed by atoms with Crippen LogP contribution in [0.4, 0.5) is 5.69 Å². The van der Waals surface area contributed by atoms with Crippen LogP contribution in [-0.4, -0.2) is 129 Å². The van der Waals surface area contributed by atoms with Gasteiger partial charge in [-0.2, -0.15) is 0 Å². The van der Waals surface area contributed by atoms with Crippen LogP contribution in [0.2, 0.25) is 46.8 Å². The van der Waals surface area contributed by atoms with Gasteiger partial charge in [0.05, 0.1) is 44.4 Å². The number of rotatable bonds is 4. The van der Waals surface area contributed by atoms with Gasteiger partial charge in [-0.3, -0.25) is 10.8 Å². The van der Waals surface area contributed by atoms with E-state index in [1.54, 1.807) is 18.2 Å². The van der Waals surface area contributed by atoms with Gasteiger partial charge in [-0.1, -0.05) is 135 Å². The van der Waals surface area contributed by atoms with Crippen molar-refractivity contribution in [2.75, 3.05) is 73.4 Å². The third-order valence-electron chi connectivity index (χ3n) is 23.5. The van der Waals surface area contributed by atoms with E-state index in [4.69, 9.17) is 81.9 Å². The number of aromatic amines is 1. The standard InChI is InChI=1S/C24H35ClN2Si.C21H20ClN3.C15H15ClN2.C13H14BrClN2.C12H12BrClN2.C6H6BrClN2.FH/c1-16(2)28(17(3)4,18(5)6)12-10-19-13-20(25)14-21-22-15-26(7)11-9-23(22)27(8)24(19)21;1-14-4-5-15(12-23-14)6-7-16-10-17(22)11-18-19-13-24(2)9-8-20(19)25(3)21(16)18;1-4-10-7-11(16)8-12-13-9-17(2)6-5-14(13)18(3)15(10)12;1-16-4-3-12-10(7-16)9-5-8(15)6-11(14)13(9)17(12)2;1-16-3-2-11-9(6-16)8-4-7(14)5-10(13)12(8)15-11;7-5-3-4(8)1-2-6(5)10-9;/h13-14,16-18H,9,11,15H2,1-8H3;4-5,10-12H,8-9,13H2,1-3H3;1,7-8H,5-6,9H2,2-3H3;5-6H,3-4,7H2,1-2H3;4-5,15H,2-3,6H2,1H3;1-3,10H,9H2;1H/p-1. The molecule has 0 amide bonds. The molecule has 0 radical (unpaired) electrons. The third kappa shape index (κ3) is 19.2. The van der Waals surface area contributed by atoms with Gasteiger partial charge in [0.1, 0.15) is 8.07 Å². The van der Waals surface area contributed by atoms with Crippen LogP contribution in [0.1, 0.15) is 126 Å². The number of aryl methyl sites for hydroxylation is 5. The van der Waals surface area contributed by atoms with Gasteiger partial charge in [-0.25, -0.2) is 0 Å². The number of nitrogens with two attached hydrogens (primary N) is 1. The van der Waals surface area contributed by atoms with E-state index in [0.717, 1.165) is 175 Å². The van der Waals surface area contributed by atoms with Crippen LogP contribution in [0.3, 0.4) is 0 Å². The predicted molar refractivity (Wildman–Crippen MR) is 498 cm³/mol. The highest BCUT2D eigenvalue weighted by molar-refractivity contribution is 9.11. The van der Waals surface area contributed by atoms with Crippen molar-refractivity contribution in [1.82, 2.24) is 52.7 Å². The number of benzene rings is 6. The lowest BCUT2D eigenvalue weighted by Gasteiger charge is -2.38. The number of nitrogen functional groups attached to an aromatic ring is 1. The van der Waals surface area contributed by atoms with Crippen LogP contribution in [-0.2, 0) is 93.0 Å². The number of hydrogen-bond acceptors (Lipinski definition) is 8. The number of anilines is 1. The Morgan fingerprint density at radius 1 is 0.443 bits per heavy atom. The molecule has 11 heterocycles. The Kier molecular flexibility index (Phi) is 29.6. The van der Waals surface area contributed by atoms with Gasteiger partial charge in [-0.05, 0) is 225 Å². The lowest BCUT2D eigenvalue weighted by molar-refractivity contribution is -0.0000226. The Labute approximate surface area is 734 Å². The first-order chi connectivity index (χ1) is 54.2. The molecule has 0 fully saturated rings. The summed E-state index contributed by atoms with van der Waals surface area (Å²) in [5.41, 5.74) is 34.0. The maximum Gasteiger partial charge on any atom is 0.146 e. The Morgan fingerprint density at radius 2 is 0.817 bits per heavy atom. The third-order valence-corrected chi connectivity index (χ3v) is 33.0. The molecule has 0 atom stereocenters. The second-order valence-corrected chi connectivity index (χ2v) is 42.9. The highest BCUT2D eigenvalue weighted by Gasteiger charge is 2.42. The first kappa shape index (κ1) is 89.5. The number of nitrogens with zero attached hydrogens (tertiary/aromatic N) is 10. The zero-order valence-corrected chi connectivity index (χ0v) is 78.8. The average molecular weight is 1880 g/mol. The summed E-state index contributed by atoms with van der Waals surface area (Å²) in [4.78, 5) is 19.6. The van der Waals surface area contributed by atoms with E-state index >= 15 is 0 Å². The molecular weight excluding hydrogens is 1770 g/mol. The van der Waals surface area contributed by atoms with E-state index in [1.165, 1.54) is 105 Å². The van der Waals surface area contributed by atoms with E-state index in [0.29, 0.717) is 21.6 Å². The van der Waals surface area contributed by atoms with Crippen molar-refractivity contribution in [2.24, 2.45) is 34.0 Å². The van der Waals surface area contributed by atoms with E-state index in [2.05, 4.69) is 270 Å². The van der Waals surface area contributed by atoms with Crippen molar-refractivity contribution < 1.29 is 4.70 Å². The molecule has 17 rings (SSSR count). The number of H-pyrrole nitrogens is 1. The number of hydrazine groups is 1. The highest BCUT2D eigenvalue weighted by atomic mass is 79.9. The molecule has 0 aliphatic carbocycles. The van der Waals surface area contributed by atoms with Crippen LogP contribution in [0.5, 0.6) is 0 Å². The fourth-order valence-electron chi connectivity index (χ4n) is 17.8. The molecule has 0 saturated heterocycles. The number of fused-ring (bicyclic) bond motifs is 15. The van der Waals surface area contributed by atoms with E-state index in [1.807, 2.05) is 55.6 Å². The molecule has 5 aliphatic rings. The molecule has 0 bridgehead atoms. The highest BCUT2D eigenvalue weighted by Crippen LogP contribution is 2.44. The van der Waals surface area contributed by atoms with E-state index < -0.39 is 8.07 Å². The fraction of sp³-hybridized carbons (Fsp3) is 0.374. The number of hydrogen-bond donors (Lipinski definition) is 3. The van der Waals surface area contributed by atoms with Crippen LogP contribution in [0.25, 0.3) is 54.5 Å². The molecule has 4 N–H and O–H groups in total. The molecule has 115 heavy (non-hydrogen) atoms. The fourth-order valence-corrected chi connectivity index (χ4v) is 26.5. The molecule has 5 aliphatic heterocycles. The molecule has 606 valence electrons. The zero-order valence-electron chi connectivity index (χ0n) is 68.5. The molecule has 6 aromatic heterocycles. The van der Waals surface area contributed by atoms with Crippen molar-refractivity contribution in [3.63, 3.8) is 0 Å². The molecule has 0 spiro atoms. The zero-order chi connectivity index (χ0) is 82.2. The Hall–Kier alpha value is -6.26. The minimum atomic E-state index is -1.78. The summed E-state index contributed by atoms with van der Waals surface area (Å²) < 4.78 is 12.2. The first-order valence-electron chi connectivity index (χ1n) is 38.8. The van der Waals surface area contributed by atoms with Crippen molar-refractivity contribution in [3.8, 4) is 35.6 Å². The topological polar surface area (TPSA) is 103 Å². The van der Waals surface area contributed by atoms with Crippen molar-refractivity contribution >= 4 is 186 Å². The Bertz CT molecular complexity index is 5810. The first-order valence-corrected chi connectivity index (χ1v) is 45.7. The molecule has 6 aromatic carbocycles. The van der Waals surface area contributed by atoms with Crippen LogP contribution in [0, 0.1) is 42.6 Å². The summed E-state index contributed by atoms with van der Waals surface area (Å²) in [7, 11) is 17.6. The molecule has 13 nitrogen and oxygen atoms in total. The number of likely N-dealkylation sites (N-methyl/N-ethyl adjacent to an activating group) is 5. The quantitative estimate of drug-likeness (QED) is 0.0693. The van der Waals surface area contributed by atoms with Gasteiger partial charge < -0.3 is 57.9 Å². The van der Waals surface area contributed by atoms with Gasteiger partial charge >= 0.3 is 0 Å². The predicted octanol–water partition coefficient (Wildman–Crippen LogP) is 19.7. The van der Waals surface area contributed by atoms with E-state index in [9.17, 15) is 0 Å². The Morgan fingerprint density at radius 3 is 1.23 bits per heavy atom. The summed E-state index contributed by atoms with van der Waals surface area (Å²) in [5.74, 6) is 18.1. The van der Waals surface area contributed by atoms with Crippen LogP contribution < -0.4 is 16.0 Å². The molecule has 0 saturated carbocycles. The summed E-state index contributed by atoms with van der Waals surface area (Å²) in [6.45, 7) is 26.6. The molecule has 12 aromatic rings. The number of halogens is 10. The maximum atomic E-state index is 6.57. The van der Waals surface area contributed by atoms with E-state index in [-0.39, 0.29) is 4.70 Å². The van der Waals surface area contributed by atoms with Gasteiger partial charge in [0.25, 0.3) is 0 Å². The van der Waals surface area contributed by atoms with Crippen molar-refractivity contribution in [3.05, 3.63) is 225 Å². The summed E-state index contributed by atoms with van der Waals surface area (Å²) in [5, 5.41) is 10.8. The maximum absolute atomic E-state index is 6.57. The van der Waals surface area contributed by atoms with Crippen LogP contribution >= 0.6 is 117 Å². The molecule has 0 unspecified atom stereocenters. The average Bonchev–Trinajstić information content (AvgIpc) is 1.29. The van der Waals surface area contributed by atoms with Crippen molar-refractivity contribution in [2.45, 2.75) is 130 Å². The largest absolute Gasteiger partial charge is 1.00 e.